The Kier molecular flexibility index (Phi) is 3.60. The first-order chi connectivity index (χ1) is 7.54. The third-order valence-corrected chi connectivity index (χ3v) is 3.36. The molecule has 0 saturated heterocycles. The van der Waals surface area contributed by atoms with Gasteiger partial charge in [0.1, 0.15) is 5.82 Å². The number of benzene rings is 1. The molecule has 0 spiro atoms. The molecule has 17 heavy (non-hydrogen) atoms. The van der Waals surface area contributed by atoms with Crippen LogP contribution in [0.4, 0.5) is 15.8 Å². The van der Waals surface area contributed by atoms with Crippen LogP contribution in [-0.4, -0.2) is 16.2 Å². The number of halogens is 2. The van der Waals surface area contributed by atoms with Gasteiger partial charge in [-0.1, -0.05) is 11.6 Å². The summed E-state index contributed by atoms with van der Waals surface area (Å²) < 4.78 is 13.3. The summed E-state index contributed by atoms with van der Waals surface area (Å²) in [5.41, 5.74) is 4.85. The molecule has 0 saturated carbocycles. The number of aliphatic hydroxyl groups is 1. The van der Waals surface area contributed by atoms with Gasteiger partial charge in [-0.05, 0) is 33.8 Å². The van der Waals surface area contributed by atoms with Crippen LogP contribution in [0.3, 0.4) is 0 Å². The lowest BCUT2D eigenvalue weighted by Gasteiger charge is -2.39. The highest BCUT2D eigenvalue weighted by Crippen LogP contribution is 2.31. The summed E-state index contributed by atoms with van der Waals surface area (Å²) in [7, 11) is 0. The van der Waals surface area contributed by atoms with Crippen molar-refractivity contribution in [1.29, 1.82) is 0 Å². The van der Waals surface area contributed by atoms with Gasteiger partial charge in [0.2, 0.25) is 0 Å². The lowest BCUT2D eigenvalue weighted by molar-refractivity contribution is 0.0240. The van der Waals surface area contributed by atoms with E-state index in [1.54, 1.807) is 27.7 Å². The van der Waals surface area contributed by atoms with E-state index in [2.05, 4.69) is 5.32 Å². The Labute approximate surface area is 106 Å². The average molecular weight is 261 g/mol. The van der Waals surface area contributed by atoms with Crippen molar-refractivity contribution in [3.05, 3.63) is 23.0 Å². The molecular weight excluding hydrogens is 243 g/mol. The number of anilines is 2. The molecule has 5 heteroatoms. The quantitative estimate of drug-likeness (QED) is 0.732. The van der Waals surface area contributed by atoms with Gasteiger partial charge in [-0.25, -0.2) is 4.39 Å². The molecule has 0 aliphatic carbocycles. The molecule has 0 aliphatic rings. The molecule has 0 heterocycles. The van der Waals surface area contributed by atoms with Gasteiger partial charge in [-0.3, -0.25) is 0 Å². The molecule has 1 rings (SSSR count). The zero-order valence-electron chi connectivity index (χ0n) is 10.4. The average Bonchev–Trinajstić information content (AvgIpc) is 2.12. The van der Waals surface area contributed by atoms with Crippen LogP contribution in [0.25, 0.3) is 0 Å². The van der Waals surface area contributed by atoms with E-state index in [9.17, 15) is 9.50 Å². The summed E-state index contributed by atoms with van der Waals surface area (Å²) in [4.78, 5) is 0. The summed E-state index contributed by atoms with van der Waals surface area (Å²) in [6.07, 6.45) is 0. The molecule has 0 aromatic heterocycles. The van der Waals surface area contributed by atoms with Crippen molar-refractivity contribution < 1.29 is 9.50 Å². The minimum atomic E-state index is -0.991. The molecule has 0 unspecified atom stereocenters. The van der Waals surface area contributed by atoms with Gasteiger partial charge >= 0.3 is 0 Å². The van der Waals surface area contributed by atoms with E-state index in [1.165, 1.54) is 12.1 Å². The Morgan fingerprint density at radius 3 is 2.29 bits per heavy atom. The molecule has 0 atom stereocenters. The third kappa shape index (κ3) is 3.01. The normalized spacial score (nSPS) is 12.6. The van der Waals surface area contributed by atoms with Crippen molar-refractivity contribution in [1.82, 2.24) is 0 Å². The smallest absolute Gasteiger partial charge is 0.143 e. The van der Waals surface area contributed by atoms with Gasteiger partial charge in [0.05, 0.1) is 27.5 Å². The predicted octanol–water partition coefficient (Wildman–Crippen LogP) is 3.02. The Bertz CT molecular complexity index is 427. The molecule has 4 N–H and O–H groups in total. The van der Waals surface area contributed by atoms with Gasteiger partial charge in [0, 0.05) is 6.07 Å². The standard InChI is InChI=1S/C12H18ClFN2O/c1-11(2,12(3,4)17)16-10-6-8(14)7(13)5-9(10)15/h5-6,16-17H,15H2,1-4H3. The molecular formula is C12H18ClFN2O. The number of nitrogens with one attached hydrogen (secondary N) is 1. The van der Waals surface area contributed by atoms with Crippen LogP contribution in [0.15, 0.2) is 12.1 Å². The Hall–Kier alpha value is -1.00. The SMILES string of the molecule is CC(C)(O)C(C)(C)Nc1cc(F)c(Cl)cc1N. The maximum Gasteiger partial charge on any atom is 0.143 e. The predicted molar refractivity (Wildman–Crippen MR) is 69.8 cm³/mol. The lowest BCUT2D eigenvalue weighted by Crippen LogP contribution is -2.51. The highest BCUT2D eigenvalue weighted by atomic mass is 35.5. The number of hydrogen-bond acceptors (Lipinski definition) is 3. The second-order valence-corrected chi connectivity index (χ2v) is 5.57. The van der Waals surface area contributed by atoms with Crippen LogP contribution in [-0.2, 0) is 0 Å². The first-order valence-corrected chi connectivity index (χ1v) is 5.67. The van der Waals surface area contributed by atoms with Crippen LogP contribution in [0, 0.1) is 5.82 Å². The molecule has 0 amide bonds. The largest absolute Gasteiger partial charge is 0.397 e. The summed E-state index contributed by atoms with van der Waals surface area (Å²) in [6, 6.07) is 2.57. The second-order valence-electron chi connectivity index (χ2n) is 5.16. The fraction of sp³-hybridized carbons (Fsp3) is 0.500. The molecule has 1 aromatic rings. The molecule has 0 bridgehead atoms. The van der Waals surface area contributed by atoms with Crippen molar-refractivity contribution >= 4 is 23.0 Å². The van der Waals surface area contributed by atoms with Gasteiger partial charge in [0.15, 0.2) is 0 Å². The Morgan fingerprint density at radius 2 is 1.82 bits per heavy atom. The first-order valence-electron chi connectivity index (χ1n) is 5.29. The molecule has 0 fully saturated rings. The van der Waals surface area contributed by atoms with Crippen molar-refractivity contribution in [2.45, 2.75) is 38.8 Å². The zero-order chi connectivity index (χ0) is 13.4. The minimum Gasteiger partial charge on any atom is -0.397 e. The first kappa shape index (κ1) is 14.1. The number of nitrogens with two attached hydrogens (primary N) is 1. The van der Waals surface area contributed by atoms with E-state index < -0.39 is 17.0 Å². The summed E-state index contributed by atoms with van der Waals surface area (Å²) >= 11 is 5.61. The maximum atomic E-state index is 13.3. The highest BCUT2D eigenvalue weighted by Gasteiger charge is 2.35. The fourth-order valence-corrected chi connectivity index (χ4v) is 1.33. The molecule has 3 nitrogen and oxygen atoms in total. The molecule has 1 aromatic carbocycles. The van der Waals surface area contributed by atoms with Crippen molar-refractivity contribution in [3.63, 3.8) is 0 Å². The fourth-order valence-electron chi connectivity index (χ4n) is 1.16. The molecule has 0 aliphatic heterocycles. The molecule has 0 radical (unpaired) electrons. The second kappa shape index (κ2) is 4.35. The van der Waals surface area contributed by atoms with Crippen LogP contribution >= 0.6 is 11.6 Å². The number of nitrogen functional groups attached to an aromatic ring is 1. The minimum absolute atomic E-state index is 0.0193. The van der Waals surface area contributed by atoms with Crippen LogP contribution in [0.2, 0.25) is 5.02 Å². The van der Waals surface area contributed by atoms with Crippen molar-refractivity contribution in [2.24, 2.45) is 0 Å². The van der Waals surface area contributed by atoms with Gasteiger partial charge in [-0.15, -0.1) is 0 Å². The monoisotopic (exact) mass is 260 g/mol. The van der Waals surface area contributed by atoms with Crippen molar-refractivity contribution in [2.75, 3.05) is 11.1 Å². The van der Waals surface area contributed by atoms with Crippen LogP contribution < -0.4 is 11.1 Å². The highest BCUT2D eigenvalue weighted by molar-refractivity contribution is 6.31. The van der Waals surface area contributed by atoms with Crippen molar-refractivity contribution in [3.8, 4) is 0 Å². The van der Waals surface area contributed by atoms with Gasteiger partial charge in [-0.2, -0.15) is 0 Å². The van der Waals surface area contributed by atoms with E-state index in [0.29, 0.717) is 11.4 Å². The van der Waals surface area contributed by atoms with E-state index in [0.717, 1.165) is 0 Å². The zero-order valence-corrected chi connectivity index (χ0v) is 11.2. The number of rotatable bonds is 3. The maximum absolute atomic E-state index is 13.3. The summed E-state index contributed by atoms with van der Waals surface area (Å²) in [6.45, 7) is 6.95. The molecule has 96 valence electrons. The summed E-state index contributed by atoms with van der Waals surface area (Å²) in [5.74, 6) is -0.546. The Balaban J connectivity index is 3.08. The topological polar surface area (TPSA) is 58.3 Å². The van der Waals surface area contributed by atoms with E-state index in [4.69, 9.17) is 17.3 Å². The van der Waals surface area contributed by atoms with E-state index in [-0.39, 0.29) is 5.02 Å². The van der Waals surface area contributed by atoms with Gasteiger partial charge < -0.3 is 16.2 Å². The van der Waals surface area contributed by atoms with E-state index in [1.807, 2.05) is 0 Å². The third-order valence-electron chi connectivity index (χ3n) is 3.07. The Morgan fingerprint density at radius 1 is 1.29 bits per heavy atom. The van der Waals surface area contributed by atoms with Crippen LogP contribution in [0.5, 0.6) is 0 Å². The number of hydrogen-bond donors (Lipinski definition) is 3. The van der Waals surface area contributed by atoms with Crippen LogP contribution in [0.1, 0.15) is 27.7 Å². The lowest BCUT2D eigenvalue weighted by atomic mass is 9.85. The van der Waals surface area contributed by atoms with Gasteiger partial charge in [0.25, 0.3) is 0 Å². The van der Waals surface area contributed by atoms with E-state index >= 15 is 0 Å². The summed E-state index contributed by atoms with van der Waals surface area (Å²) in [5, 5.41) is 13.0.